The zero-order chi connectivity index (χ0) is 18.4. The molecule has 0 radical (unpaired) electrons. The van der Waals surface area contributed by atoms with Gasteiger partial charge in [0.2, 0.25) is 0 Å². The Morgan fingerprint density at radius 3 is 2.08 bits per heavy atom. The molecule has 0 aliphatic rings. The normalized spacial score (nSPS) is 11.8. The van der Waals surface area contributed by atoms with Crippen LogP contribution in [0.4, 0.5) is 5.69 Å². The van der Waals surface area contributed by atoms with Crippen LogP contribution >= 0.6 is 15.9 Å². The molecule has 0 fully saturated rings. The van der Waals surface area contributed by atoms with Crippen molar-refractivity contribution in [1.82, 2.24) is 0 Å². The minimum atomic E-state index is 0.229. The number of hydrogen-bond donors (Lipinski definition) is 0. The predicted molar refractivity (Wildman–Crippen MR) is 115 cm³/mol. The van der Waals surface area contributed by atoms with Gasteiger partial charge in [-0.1, -0.05) is 78.4 Å². The second-order valence-corrected chi connectivity index (χ2v) is 7.51. The molecule has 0 aliphatic carbocycles. The fourth-order valence-electron chi connectivity index (χ4n) is 3.24. The molecule has 0 aliphatic heterocycles. The Hall–Kier alpha value is -2.32. The SMILES string of the molecule is C=C(C)CC(c1ccccc1)N(Cc1ccccc1)c1ccccc1Br. The second kappa shape index (κ2) is 8.86. The summed E-state index contributed by atoms with van der Waals surface area (Å²) in [5.41, 5.74) is 4.99. The summed E-state index contributed by atoms with van der Waals surface area (Å²) >= 11 is 3.75. The molecular formula is C24H24BrN. The lowest BCUT2D eigenvalue weighted by Crippen LogP contribution is -2.29. The lowest BCUT2D eigenvalue weighted by molar-refractivity contribution is 0.611. The zero-order valence-corrected chi connectivity index (χ0v) is 16.7. The highest BCUT2D eigenvalue weighted by atomic mass is 79.9. The monoisotopic (exact) mass is 405 g/mol. The Labute approximate surface area is 165 Å². The van der Waals surface area contributed by atoms with Crippen LogP contribution in [0.1, 0.15) is 30.5 Å². The number of rotatable bonds is 7. The largest absolute Gasteiger partial charge is 0.359 e. The molecule has 3 aromatic carbocycles. The van der Waals surface area contributed by atoms with E-state index >= 15 is 0 Å². The number of halogens is 1. The summed E-state index contributed by atoms with van der Waals surface area (Å²) < 4.78 is 1.11. The number of nitrogens with zero attached hydrogens (tertiary/aromatic N) is 1. The van der Waals surface area contributed by atoms with Crippen molar-refractivity contribution >= 4 is 21.6 Å². The van der Waals surface area contributed by atoms with Crippen molar-refractivity contribution in [3.8, 4) is 0 Å². The molecule has 1 atom stereocenters. The average molecular weight is 406 g/mol. The van der Waals surface area contributed by atoms with Gasteiger partial charge in [-0.15, -0.1) is 6.58 Å². The Morgan fingerprint density at radius 1 is 0.885 bits per heavy atom. The minimum absolute atomic E-state index is 0.229. The van der Waals surface area contributed by atoms with Crippen molar-refractivity contribution in [3.05, 3.63) is 113 Å². The first-order chi connectivity index (χ1) is 12.6. The average Bonchev–Trinajstić information content (AvgIpc) is 2.66. The molecule has 3 aromatic rings. The van der Waals surface area contributed by atoms with Gasteiger partial charge in [0.05, 0.1) is 11.7 Å². The first kappa shape index (κ1) is 18.5. The molecular weight excluding hydrogens is 382 g/mol. The van der Waals surface area contributed by atoms with Gasteiger partial charge in [-0.2, -0.15) is 0 Å². The highest BCUT2D eigenvalue weighted by molar-refractivity contribution is 9.10. The molecule has 0 saturated carbocycles. The second-order valence-electron chi connectivity index (χ2n) is 6.65. The Balaban J connectivity index is 2.07. The van der Waals surface area contributed by atoms with Crippen LogP contribution in [0.15, 0.2) is 102 Å². The molecule has 2 heteroatoms. The maximum atomic E-state index is 4.19. The van der Waals surface area contributed by atoms with E-state index in [1.807, 2.05) is 0 Å². The first-order valence-electron chi connectivity index (χ1n) is 8.89. The van der Waals surface area contributed by atoms with Gasteiger partial charge in [-0.05, 0) is 52.5 Å². The summed E-state index contributed by atoms with van der Waals surface area (Å²) in [4.78, 5) is 2.48. The summed E-state index contributed by atoms with van der Waals surface area (Å²) in [5, 5.41) is 0. The van der Waals surface area contributed by atoms with Gasteiger partial charge < -0.3 is 4.90 Å². The van der Waals surface area contributed by atoms with Crippen molar-refractivity contribution < 1.29 is 0 Å². The lowest BCUT2D eigenvalue weighted by atomic mass is 9.97. The van der Waals surface area contributed by atoms with E-state index in [-0.39, 0.29) is 6.04 Å². The summed E-state index contributed by atoms with van der Waals surface area (Å²) in [7, 11) is 0. The fraction of sp³-hybridized carbons (Fsp3) is 0.167. The van der Waals surface area contributed by atoms with Gasteiger partial charge >= 0.3 is 0 Å². The third-order valence-electron chi connectivity index (χ3n) is 4.46. The molecule has 0 aromatic heterocycles. The van der Waals surface area contributed by atoms with Crippen molar-refractivity contribution in [2.45, 2.75) is 25.9 Å². The Kier molecular flexibility index (Phi) is 6.30. The summed E-state index contributed by atoms with van der Waals surface area (Å²) in [6.45, 7) is 7.14. The van der Waals surface area contributed by atoms with Crippen LogP contribution in [0.25, 0.3) is 0 Å². The van der Waals surface area contributed by atoms with Crippen LogP contribution in [0, 0.1) is 0 Å². The van der Waals surface area contributed by atoms with E-state index in [2.05, 4.69) is 119 Å². The first-order valence-corrected chi connectivity index (χ1v) is 9.69. The van der Waals surface area contributed by atoms with Gasteiger partial charge in [-0.25, -0.2) is 0 Å². The summed E-state index contributed by atoms with van der Waals surface area (Å²) in [6, 6.07) is 30.0. The van der Waals surface area contributed by atoms with Gasteiger partial charge in [0, 0.05) is 11.0 Å². The van der Waals surface area contributed by atoms with E-state index in [0.717, 1.165) is 17.4 Å². The molecule has 0 amide bonds. The maximum absolute atomic E-state index is 4.19. The molecule has 0 bridgehead atoms. The topological polar surface area (TPSA) is 3.24 Å². The van der Waals surface area contributed by atoms with E-state index in [1.54, 1.807) is 0 Å². The zero-order valence-electron chi connectivity index (χ0n) is 15.1. The third kappa shape index (κ3) is 4.64. The van der Waals surface area contributed by atoms with Gasteiger partial charge in [-0.3, -0.25) is 0 Å². The van der Waals surface area contributed by atoms with E-state index in [4.69, 9.17) is 0 Å². The van der Waals surface area contributed by atoms with Crippen LogP contribution in [-0.2, 0) is 6.54 Å². The number of para-hydroxylation sites is 1. The molecule has 0 saturated heterocycles. The highest BCUT2D eigenvalue weighted by Crippen LogP contribution is 2.37. The maximum Gasteiger partial charge on any atom is 0.0583 e. The van der Waals surface area contributed by atoms with E-state index in [9.17, 15) is 0 Å². The number of benzene rings is 3. The Bertz CT molecular complexity index is 842. The molecule has 132 valence electrons. The predicted octanol–water partition coefficient (Wildman–Crippen LogP) is 7.16. The minimum Gasteiger partial charge on any atom is -0.359 e. The molecule has 0 N–H and O–H groups in total. The van der Waals surface area contributed by atoms with Crippen molar-refractivity contribution in [2.75, 3.05) is 4.90 Å². The number of hydrogen-bond acceptors (Lipinski definition) is 1. The van der Waals surface area contributed by atoms with Crippen LogP contribution in [0.3, 0.4) is 0 Å². The molecule has 3 rings (SSSR count). The molecule has 26 heavy (non-hydrogen) atoms. The summed E-state index contributed by atoms with van der Waals surface area (Å²) in [6.07, 6.45) is 0.915. The van der Waals surface area contributed by atoms with Crippen LogP contribution in [0.5, 0.6) is 0 Å². The fourth-order valence-corrected chi connectivity index (χ4v) is 3.75. The van der Waals surface area contributed by atoms with Crippen LogP contribution < -0.4 is 4.90 Å². The van der Waals surface area contributed by atoms with Crippen LogP contribution in [0.2, 0.25) is 0 Å². The van der Waals surface area contributed by atoms with Gasteiger partial charge in [0.25, 0.3) is 0 Å². The standard InChI is InChI=1S/C24H24BrN/c1-19(2)17-24(21-13-7-4-8-14-21)26(18-20-11-5-3-6-12-20)23-16-10-9-15-22(23)25/h3-16,24H,1,17-18H2,2H3. The quantitative estimate of drug-likeness (QED) is 0.376. The highest BCUT2D eigenvalue weighted by Gasteiger charge is 2.22. The van der Waals surface area contributed by atoms with Gasteiger partial charge in [0.15, 0.2) is 0 Å². The van der Waals surface area contributed by atoms with E-state index in [1.165, 1.54) is 22.4 Å². The van der Waals surface area contributed by atoms with Crippen molar-refractivity contribution in [2.24, 2.45) is 0 Å². The molecule has 0 spiro atoms. The summed E-state index contributed by atoms with van der Waals surface area (Å²) in [5.74, 6) is 0. The van der Waals surface area contributed by atoms with E-state index < -0.39 is 0 Å². The Morgan fingerprint density at radius 2 is 1.46 bits per heavy atom. The van der Waals surface area contributed by atoms with Crippen LogP contribution in [-0.4, -0.2) is 0 Å². The van der Waals surface area contributed by atoms with Crippen molar-refractivity contribution in [1.29, 1.82) is 0 Å². The van der Waals surface area contributed by atoms with E-state index in [0.29, 0.717) is 0 Å². The lowest BCUT2D eigenvalue weighted by Gasteiger charge is -2.35. The third-order valence-corrected chi connectivity index (χ3v) is 5.13. The van der Waals surface area contributed by atoms with Gasteiger partial charge in [0.1, 0.15) is 0 Å². The number of anilines is 1. The smallest absolute Gasteiger partial charge is 0.0583 e. The molecule has 0 heterocycles. The van der Waals surface area contributed by atoms with Crippen molar-refractivity contribution in [3.63, 3.8) is 0 Å². The molecule has 1 nitrogen and oxygen atoms in total. The molecule has 1 unspecified atom stereocenters.